The van der Waals surface area contributed by atoms with Gasteiger partial charge >= 0.3 is 0 Å². The molecule has 3 aromatic rings. The highest BCUT2D eigenvalue weighted by atomic mass is 19.1. The second kappa shape index (κ2) is 6.26. The average Bonchev–Trinajstić information content (AvgIpc) is 3.03. The molecule has 0 atom stereocenters. The fourth-order valence-corrected chi connectivity index (χ4v) is 2.16. The summed E-state index contributed by atoms with van der Waals surface area (Å²) in [5, 5.41) is 0. The monoisotopic (exact) mass is 296 g/mol. The van der Waals surface area contributed by atoms with Crippen LogP contribution in [0.15, 0.2) is 65.3 Å². The van der Waals surface area contributed by atoms with Gasteiger partial charge in [0.25, 0.3) is 0 Å². The van der Waals surface area contributed by atoms with Gasteiger partial charge < -0.3 is 9.15 Å². The van der Waals surface area contributed by atoms with Gasteiger partial charge in [0.15, 0.2) is 12.0 Å². The third kappa shape index (κ3) is 2.91. The maximum absolute atomic E-state index is 13.5. The Labute approximate surface area is 127 Å². The Morgan fingerprint density at radius 3 is 2.55 bits per heavy atom. The number of hydrogen-bond donors (Lipinski definition) is 0. The Kier molecular flexibility index (Phi) is 4.01. The lowest BCUT2D eigenvalue weighted by atomic mass is 10.1. The largest absolute Gasteiger partial charge is 0.489 e. The van der Waals surface area contributed by atoms with E-state index in [1.165, 1.54) is 12.3 Å². The minimum Gasteiger partial charge on any atom is -0.489 e. The van der Waals surface area contributed by atoms with Gasteiger partial charge in [-0.3, -0.25) is 4.79 Å². The van der Waals surface area contributed by atoms with Gasteiger partial charge in [0.05, 0.1) is 6.26 Å². The van der Waals surface area contributed by atoms with Crippen molar-refractivity contribution in [2.75, 3.05) is 0 Å². The first-order chi connectivity index (χ1) is 10.8. The molecule has 0 aliphatic rings. The maximum Gasteiger partial charge on any atom is 0.185 e. The Balaban J connectivity index is 1.72. The third-order valence-electron chi connectivity index (χ3n) is 3.32. The van der Waals surface area contributed by atoms with Crippen molar-refractivity contribution in [3.63, 3.8) is 0 Å². The van der Waals surface area contributed by atoms with E-state index in [0.717, 1.165) is 11.1 Å². The SMILES string of the molecule is O=Cc1occc1-c1ccc(OCc2ccccc2F)cc1. The molecule has 1 aromatic heterocycles. The number of rotatable bonds is 5. The summed E-state index contributed by atoms with van der Waals surface area (Å²) < 4.78 is 24.1. The smallest absolute Gasteiger partial charge is 0.185 e. The van der Waals surface area contributed by atoms with Gasteiger partial charge in [-0.15, -0.1) is 0 Å². The van der Waals surface area contributed by atoms with Crippen molar-refractivity contribution in [2.45, 2.75) is 6.61 Å². The summed E-state index contributed by atoms with van der Waals surface area (Å²) in [7, 11) is 0. The van der Waals surface area contributed by atoms with Crippen LogP contribution in [0, 0.1) is 5.82 Å². The van der Waals surface area contributed by atoms with Gasteiger partial charge in [-0.2, -0.15) is 0 Å². The molecule has 0 fully saturated rings. The lowest BCUT2D eigenvalue weighted by molar-refractivity contribution is 0.110. The van der Waals surface area contributed by atoms with E-state index >= 15 is 0 Å². The molecule has 0 aliphatic carbocycles. The zero-order chi connectivity index (χ0) is 15.4. The number of benzene rings is 2. The van der Waals surface area contributed by atoms with Crippen LogP contribution in [0.4, 0.5) is 4.39 Å². The standard InChI is InChI=1S/C18H13FO3/c19-17-4-2-1-3-14(17)12-22-15-7-5-13(6-8-15)16-9-10-21-18(16)11-20/h1-11H,12H2. The molecule has 0 saturated carbocycles. The molecule has 0 bridgehead atoms. The lowest BCUT2D eigenvalue weighted by Crippen LogP contribution is -1.98. The Morgan fingerprint density at radius 1 is 1.05 bits per heavy atom. The molecule has 1 heterocycles. The Bertz CT molecular complexity index is 775. The van der Waals surface area contributed by atoms with Crippen LogP contribution < -0.4 is 4.74 Å². The van der Waals surface area contributed by atoms with Crippen LogP contribution in [-0.2, 0) is 6.61 Å². The van der Waals surface area contributed by atoms with Crippen LogP contribution >= 0.6 is 0 Å². The first-order valence-electron chi connectivity index (χ1n) is 6.77. The number of aldehydes is 1. The van der Waals surface area contributed by atoms with Crippen LogP contribution in [0.1, 0.15) is 16.1 Å². The molecule has 3 rings (SSSR count). The molecule has 2 aromatic carbocycles. The summed E-state index contributed by atoms with van der Waals surface area (Å²) in [6.45, 7) is 0.164. The molecule has 22 heavy (non-hydrogen) atoms. The maximum atomic E-state index is 13.5. The third-order valence-corrected chi connectivity index (χ3v) is 3.32. The topological polar surface area (TPSA) is 39.4 Å². The molecule has 0 amide bonds. The van der Waals surface area contributed by atoms with Gasteiger partial charge in [0, 0.05) is 11.1 Å². The van der Waals surface area contributed by atoms with Crippen molar-refractivity contribution in [2.24, 2.45) is 0 Å². The zero-order valence-corrected chi connectivity index (χ0v) is 11.7. The minimum absolute atomic E-state index is 0.164. The van der Waals surface area contributed by atoms with Crippen molar-refractivity contribution in [3.8, 4) is 16.9 Å². The fraction of sp³-hybridized carbons (Fsp3) is 0.0556. The van der Waals surface area contributed by atoms with Gasteiger partial charge in [0.2, 0.25) is 0 Å². The fourth-order valence-electron chi connectivity index (χ4n) is 2.16. The second-order valence-electron chi connectivity index (χ2n) is 4.72. The summed E-state index contributed by atoms with van der Waals surface area (Å²) in [5.74, 6) is 0.635. The predicted molar refractivity (Wildman–Crippen MR) is 80.3 cm³/mol. The predicted octanol–water partition coefficient (Wildman–Crippen LogP) is 4.48. The molecule has 0 aliphatic heterocycles. The summed E-state index contributed by atoms with van der Waals surface area (Å²) in [6.07, 6.45) is 2.15. The van der Waals surface area contributed by atoms with Crippen molar-refractivity contribution in [1.29, 1.82) is 0 Å². The quantitative estimate of drug-likeness (QED) is 0.652. The van der Waals surface area contributed by atoms with E-state index < -0.39 is 0 Å². The van der Waals surface area contributed by atoms with Gasteiger partial charge in [-0.25, -0.2) is 4.39 Å². The van der Waals surface area contributed by atoms with Crippen molar-refractivity contribution >= 4 is 6.29 Å². The normalized spacial score (nSPS) is 10.4. The lowest BCUT2D eigenvalue weighted by Gasteiger charge is -2.08. The van der Waals surface area contributed by atoms with Crippen molar-refractivity contribution in [3.05, 3.63) is 78.0 Å². The van der Waals surface area contributed by atoms with E-state index in [2.05, 4.69) is 0 Å². The van der Waals surface area contributed by atoms with Crippen LogP contribution in [0.25, 0.3) is 11.1 Å². The first-order valence-corrected chi connectivity index (χ1v) is 6.77. The Hall–Kier alpha value is -2.88. The van der Waals surface area contributed by atoms with Crippen LogP contribution in [-0.4, -0.2) is 6.29 Å². The van der Waals surface area contributed by atoms with E-state index in [9.17, 15) is 9.18 Å². The minimum atomic E-state index is -0.284. The Morgan fingerprint density at radius 2 is 1.82 bits per heavy atom. The molecule has 0 radical (unpaired) electrons. The molecular weight excluding hydrogens is 283 g/mol. The van der Waals surface area contributed by atoms with Crippen LogP contribution in [0.2, 0.25) is 0 Å². The van der Waals surface area contributed by atoms with Crippen molar-refractivity contribution in [1.82, 2.24) is 0 Å². The molecule has 4 heteroatoms. The molecule has 110 valence electrons. The summed E-state index contributed by atoms with van der Waals surface area (Å²) in [5.41, 5.74) is 2.09. The number of hydrogen-bond acceptors (Lipinski definition) is 3. The van der Waals surface area contributed by atoms with Gasteiger partial charge in [-0.05, 0) is 29.8 Å². The van der Waals surface area contributed by atoms with E-state index in [4.69, 9.17) is 9.15 Å². The molecular formula is C18H13FO3. The van der Waals surface area contributed by atoms with E-state index in [1.807, 2.05) is 12.1 Å². The van der Waals surface area contributed by atoms with Gasteiger partial charge in [0.1, 0.15) is 18.2 Å². The molecule has 0 unspecified atom stereocenters. The summed E-state index contributed by atoms with van der Waals surface area (Å²) in [4.78, 5) is 10.9. The van der Waals surface area contributed by atoms with E-state index in [1.54, 1.807) is 36.4 Å². The summed E-state index contributed by atoms with van der Waals surface area (Å²) in [6, 6.07) is 15.4. The molecule has 0 N–H and O–H groups in total. The molecule has 3 nitrogen and oxygen atoms in total. The van der Waals surface area contributed by atoms with Gasteiger partial charge in [-0.1, -0.05) is 30.3 Å². The molecule has 0 spiro atoms. The zero-order valence-electron chi connectivity index (χ0n) is 11.7. The highest BCUT2D eigenvalue weighted by Crippen LogP contribution is 2.26. The number of halogens is 1. The van der Waals surface area contributed by atoms with E-state index in [-0.39, 0.29) is 12.4 Å². The first kappa shape index (κ1) is 14.1. The number of furan rings is 1. The van der Waals surface area contributed by atoms with Crippen LogP contribution in [0.5, 0.6) is 5.75 Å². The van der Waals surface area contributed by atoms with Crippen LogP contribution in [0.3, 0.4) is 0 Å². The summed E-state index contributed by atoms with van der Waals surface area (Å²) >= 11 is 0. The number of carbonyl (C=O) groups is 1. The van der Waals surface area contributed by atoms with Crippen molar-refractivity contribution < 1.29 is 18.3 Å². The highest BCUT2D eigenvalue weighted by Gasteiger charge is 2.08. The number of ether oxygens (including phenoxy) is 1. The van der Waals surface area contributed by atoms with E-state index in [0.29, 0.717) is 23.4 Å². The average molecular weight is 296 g/mol. The second-order valence-corrected chi connectivity index (χ2v) is 4.72. The highest BCUT2D eigenvalue weighted by molar-refractivity contribution is 5.84. The number of carbonyl (C=O) groups excluding carboxylic acids is 1. The molecule has 0 saturated heterocycles.